The lowest BCUT2D eigenvalue weighted by Crippen LogP contribution is -2.25. The van der Waals surface area contributed by atoms with Gasteiger partial charge >= 0.3 is 0 Å². The van der Waals surface area contributed by atoms with E-state index in [0.717, 1.165) is 74.0 Å². The fraction of sp³-hybridized carbons (Fsp3) is 0.686. The van der Waals surface area contributed by atoms with E-state index in [4.69, 9.17) is 9.47 Å². The van der Waals surface area contributed by atoms with Crippen molar-refractivity contribution < 1.29 is 27.0 Å². The van der Waals surface area contributed by atoms with Gasteiger partial charge in [0, 0.05) is 11.8 Å². The first-order chi connectivity index (χ1) is 27.7. The second-order valence-electron chi connectivity index (χ2n) is 17.7. The molecule has 0 bridgehead atoms. The van der Waals surface area contributed by atoms with Gasteiger partial charge in [0.05, 0.1) is 24.3 Å². The van der Waals surface area contributed by atoms with E-state index in [-0.39, 0.29) is 22.6 Å². The Morgan fingerprint density at radius 1 is 0.456 bits per heavy atom. The zero-order valence-electron chi connectivity index (χ0n) is 35.5. The van der Waals surface area contributed by atoms with Crippen molar-refractivity contribution in [3.05, 3.63) is 58.7 Å². The highest BCUT2D eigenvalue weighted by Gasteiger charge is 2.31. The summed E-state index contributed by atoms with van der Waals surface area (Å²) in [6.45, 7) is 9.23. The largest absolute Gasteiger partial charge is 0.490 e. The molecule has 4 saturated carbocycles. The molecule has 2 aromatic carbocycles. The summed E-state index contributed by atoms with van der Waals surface area (Å²) in [5.74, 6) is 14.6. The Bertz CT molecular complexity index is 1630. The third kappa shape index (κ3) is 13.2. The standard InChI is InChI=1S/C26H36F2O.C25H34F2O/c1-3-5-19-6-11-21(12-7-19)22-13-8-20(9-14-22)10-15-23-16-17-24(29-18-4-2)26(28)25(23)27;1-3-17-28-23-16-15-22(24(26)25(23)27)14-9-19-7-12-21(13-8-19)20-10-5-18(4-2)6-11-20/h16-17,19-22H,3-9,11-14,18H2,1-2H3;15-16,18-21H,3-8,10-13,17H2,1-2H3/t19-,20?,21-,22?;18-,19?,20-,21?. The summed E-state index contributed by atoms with van der Waals surface area (Å²) in [5, 5.41) is 0. The van der Waals surface area contributed by atoms with Crippen LogP contribution in [0.15, 0.2) is 24.3 Å². The maximum Gasteiger partial charge on any atom is 0.201 e. The van der Waals surface area contributed by atoms with Crippen LogP contribution in [0.1, 0.15) is 174 Å². The predicted octanol–water partition coefficient (Wildman–Crippen LogP) is 14.6. The molecular formula is C51H70F4O2. The van der Waals surface area contributed by atoms with Crippen molar-refractivity contribution in [3.8, 4) is 35.2 Å². The van der Waals surface area contributed by atoms with Crippen molar-refractivity contribution in [3.63, 3.8) is 0 Å². The van der Waals surface area contributed by atoms with Crippen molar-refractivity contribution in [2.75, 3.05) is 13.2 Å². The fourth-order valence-electron chi connectivity index (χ4n) is 10.2. The smallest absolute Gasteiger partial charge is 0.201 e. The zero-order valence-corrected chi connectivity index (χ0v) is 35.5. The number of halogens is 4. The quantitative estimate of drug-likeness (QED) is 0.167. The Morgan fingerprint density at radius 2 is 0.825 bits per heavy atom. The Balaban J connectivity index is 0.000000218. The van der Waals surface area contributed by atoms with E-state index in [1.54, 1.807) is 0 Å². The minimum absolute atomic E-state index is 0.0240. The Labute approximate surface area is 343 Å². The third-order valence-electron chi connectivity index (χ3n) is 13.8. The molecule has 4 aliphatic rings. The van der Waals surface area contributed by atoms with Gasteiger partial charge in [-0.15, -0.1) is 0 Å². The SMILES string of the molecule is CCCOc1ccc(C#CC2CCC([C@H]3CC[C@H](CC)CC3)CC2)c(F)c1F.CCCOc1ccc(C#CC2CCC([C@H]3CC[C@H](CCC)CC3)CC2)c(F)c1F. The molecule has 0 unspecified atom stereocenters. The van der Waals surface area contributed by atoms with Gasteiger partial charge in [0.1, 0.15) is 0 Å². The van der Waals surface area contributed by atoms with Crippen LogP contribution >= 0.6 is 0 Å². The molecule has 6 heteroatoms. The van der Waals surface area contributed by atoms with Crippen LogP contribution in [0.4, 0.5) is 17.6 Å². The summed E-state index contributed by atoms with van der Waals surface area (Å²) in [7, 11) is 0. The van der Waals surface area contributed by atoms with Crippen LogP contribution in [0.3, 0.4) is 0 Å². The molecule has 4 aliphatic carbocycles. The Kier molecular flexibility index (Phi) is 18.5. The van der Waals surface area contributed by atoms with E-state index in [0.29, 0.717) is 25.0 Å². The van der Waals surface area contributed by atoms with E-state index in [1.807, 2.05) is 13.8 Å². The van der Waals surface area contributed by atoms with Crippen LogP contribution in [0, 0.1) is 94.3 Å². The number of benzene rings is 2. The first-order valence-corrected chi connectivity index (χ1v) is 23.0. The molecule has 0 spiro atoms. The summed E-state index contributed by atoms with van der Waals surface area (Å²) < 4.78 is 67.2. The normalized spacial score (nSPS) is 27.4. The van der Waals surface area contributed by atoms with Gasteiger partial charge in [-0.05, 0) is 150 Å². The van der Waals surface area contributed by atoms with E-state index in [2.05, 4.69) is 37.5 Å². The van der Waals surface area contributed by atoms with Crippen LogP contribution in [0.25, 0.3) is 0 Å². The van der Waals surface area contributed by atoms with E-state index >= 15 is 0 Å². The minimum Gasteiger partial charge on any atom is -0.490 e. The van der Waals surface area contributed by atoms with Crippen LogP contribution in [0.5, 0.6) is 11.5 Å². The zero-order chi connectivity index (χ0) is 40.6. The monoisotopic (exact) mass is 791 g/mol. The molecule has 6 rings (SSSR count). The highest BCUT2D eigenvalue weighted by molar-refractivity contribution is 5.42. The first kappa shape index (κ1) is 45.0. The van der Waals surface area contributed by atoms with Crippen LogP contribution in [-0.2, 0) is 0 Å². The van der Waals surface area contributed by atoms with Gasteiger partial charge in [-0.25, -0.2) is 8.78 Å². The van der Waals surface area contributed by atoms with Gasteiger partial charge in [-0.3, -0.25) is 0 Å². The molecule has 0 aliphatic heterocycles. The van der Waals surface area contributed by atoms with Crippen molar-refractivity contribution in [1.82, 2.24) is 0 Å². The molecule has 0 saturated heterocycles. The van der Waals surface area contributed by atoms with Crippen LogP contribution in [0.2, 0.25) is 0 Å². The Hall–Kier alpha value is -3.12. The summed E-state index contributed by atoms with van der Waals surface area (Å²) in [4.78, 5) is 0. The topological polar surface area (TPSA) is 18.5 Å². The van der Waals surface area contributed by atoms with Crippen molar-refractivity contribution in [2.45, 2.75) is 163 Å². The molecule has 2 aromatic rings. The van der Waals surface area contributed by atoms with Crippen molar-refractivity contribution in [1.29, 1.82) is 0 Å². The van der Waals surface area contributed by atoms with Crippen molar-refractivity contribution in [2.24, 2.45) is 47.3 Å². The fourth-order valence-corrected chi connectivity index (χ4v) is 10.2. The van der Waals surface area contributed by atoms with Crippen LogP contribution in [-0.4, -0.2) is 13.2 Å². The molecule has 0 aromatic heterocycles. The molecule has 4 fully saturated rings. The molecule has 0 N–H and O–H groups in total. The molecule has 314 valence electrons. The van der Waals surface area contributed by atoms with Crippen LogP contribution < -0.4 is 9.47 Å². The van der Waals surface area contributed by atoms with Gasteiger partial charge < -0.3 is 9.47 Å². The average Bonchev–Trinajstić information content (AvgIpc) is 3.25. The van der Waals surface area contributed by atoms with Gasteiger partial charge in [-0.2, -0.15) is 8.78 Å². The Morgan fingerprint density at radius 3 is 1.18 bits per heavy atom. The lowest BCUT2D eigenvalue weighted by molar-refractivity contribution is 0.154. The second-order valence-corrected chi connectivity index (χ2v) is 17.7. The number of rotatable bonds is 11. The number of hydrogen-bond donors (Lipinski definition) is 0. The molecule has 0 atom stereocenters. The molecule has 2 nitrogen and oxygen atoms in total. The maximum absolute atomic E-state index is 14.3. The van der Waals surface area contributed by atoms with Gasteiger partial charge in [-0.1, -0.05) is 96.3 Å². The molecule has 0 heterocycles. The highest BCUT2D eigenvalue weighted by atomic mass is 19.2. The number of ether oxygens (including phenoxy) is 2. The van der Waals surface area contributed by atoms with Gasteiger partial charge in [0.15, 0.2) is 23.1 Å². The van der Waals surface area contributed by atoms with E-state index in [9.17, 15) is 17.6 Å². The van der Waals surface area contributed by atoms with E-state index in [1.165, 1.54) is 121 Å². The summed E-state index contributed by atoms with van der Waals surface area (Å²) in [5.41, 5.74) is 0.282. The minimum atomic E-state index is -0.924. The molecule has 0 amide bonds. The number of hydrogen-bond acceptors (Lipinski definition) is 2. The maximum atomic E-state index is 14.3. The summed E-state index contributed by atoms with van der Waals surface area (Å²) >= 11 is 0. The first-order valence-electron chi connectivity index (χ1n) is 23.0. The van der Waals surface area contributed by atoms with Gasteiger partial charge in [0.25, 0.3) is 0 Å². The third-order valence-corrected chi connectivity index (χ3v) is 13.8. The lowest BCUT2D eigenvalue weighted by atomic mass is 9.69. The summed E-state index contributed by atoms with van der Waals surface area (Å²) in [6.07, 6.45) is 26.1. The predicted molar refractivity (Wildman–Crippen MR) is 225 cm³/mol. The van der Waals surface area contributed by atoms with E-state index < -0.39 is 23.3 Å². The average molecular weight is 791 g/mol. The molecule has 57 heavy (non-hydrogen) atoms. The molecular weight excluding hydrogens is 721 g/mol. The molecule has 0 radical (unpaired) electrons. The van der Waals surface area contributed by atoms with Crippen molar-refractivity contribution >= 4 is 0 Å². The summed E-state index contributed by atoms with van der Waals surface area (Å²) in [6, 6.07) is 6.05. The van der Waals surface area contributed by atoms with Gasteiger partial charge in [0.2, 0.25) is 11.6 Å². The second kappa shape index (κ2) is 23.5. The highest BCUT2D eigenvalue weighted by Crippen LogP contribution is 2.43. The lowest BCUT2D eigenvalue weighted by Gasteiger charge is -2.37.